The summed E-state index contributed by atoms with van der Waals surface area (Å²) in [6.07, 6.45) is 0.792. The van der Waals surface area contributed by atoms with Gasteiger partial charge in [0.2, 0.25) is 5.91 Å². The second kappa shape index (κ2) is 12.4. The van der Waals surface area contributed by atoms with Crippen molar-refractivity contribution >= 4 is 45.0 Å². The second-order valence-corrected chi connectivity index (χ2v) is 9.64. The number of carbonyl (C=O) groups is 1. The third kappa shape index (κ3) is 5.93. The van der Waals surface area contributed by atoms with Crippen LogP contribution in [0.2, 0.25) is 0 Å². The lowest BCUT2D eigenvalue weighted by atomic mass is 9.90. The summed E-state index contributed by atoms with van der Waals surface area (Å²) >= 11 is 1.36. The van der Waals surface area contributed by atoms with E-state index >= 15 is 0 Å². The predicted octanol–water partition coefficient (Wildman–Crippen LogP) is 5.74. The van der Waals surface area contributed by atoms with Crippen LogP contribution in [0.5, 0.6) is 0 Å². The average Bonchev–Trinajstić information content (AvgIpc) is 3.34. The lowest BCUT2D eigenvalue weighted by Crippen LogP contribution is -2.40. The third-order valence-electron chi connectivity index (χ3n) is 6.33. The van der Waals surface area contributed by atoms with E-state index in [0.717, 1.165) is 55.1 Å². The van der Waals surface area contributed by atoms with E-state index in [0.29, 0.717) is 17.2 Å². The van der Waals surface area contributed by atoms with Crippen LogP contribution in [-0.2, 0) is 9.53 Å². The molecule has 1 saturated heterocycles. The molecule has 1 amide bonds. The first-order valence-corrected chi connectivity index (χ1v) is 12.8. The number of halogens is 2. The first-order valence-electron chi connectivity index (χ1n) is 12.0. The number of aromatic nitrogens is 1. The lowest BCUT2D eigenvalue weighted by Gasteiger charge is -2.29. The molecule has 0 aliphatic carbocycles. The molecule has 1 aromatic heterocycles. The van der Waals surface area contributed by atoms with E-state index in [4.69, 9.17) is 4.74 Å². The number of hydrogen-bond acceptors (Lipinski definition) is 5. The molecule has 0 atom stereocenters. The normalized spacial score (nSPS) is 14.1. The minimum atomic E-state index is -0.474. The Bertz CT molecular complexity index is 1230. The molecule has 1 fully saturated rings. The number of thiazole rings is 1. The number of anilines is 1. The van der Waals surface area contributed by atoms with E-state index in [2.05, 4.69) is 9.88 Å². The van der Waals surface area contributed by atoms with Crippen LogP contribution >= 0.6 is 23.7 Å². The standard InChI is InChI=1S/C28H28FN3O2S.ClH/c29-23-13-7-14-24-26(23)30-28(35-24)32(16-8-15-31-17-19-34-20-18-31)27(33)25(21-9-3-1-4-10-21)22-11-5-2-6-12-22;/h1-7,9-14,25H,8,15-20H2;1H. The van der Waals surface area contributed by atoms with E-state index in [1.54, 1.807) is 11.0 Å². The van der Waals surface area contributed by atoms with Gasteiger partial charge >= 0.3 is 0 Å². The molecule has 2 heterocycles. The maximum absolute atomic E-state index is 14.5. The molecule has 0 bridgehead atoms. The molecule has 5 nitrogen and oxygen atoms in total. The molecule has 1 aliphatic heterocycles. The highest BCUT2D eigenvalue weighted by atomic mass is 35.5. The quantitative estimate of drug-likeness (QED) is 0.294. The molecule has 0 saturated carbocycles. The van der Waals surface area contributed by atoms with Crippen molar-refractivity contribution in [3.8, 4) is 0 Å². The monoisotopic (exact) mass is 525 g/mol. The Morgan fingerprint density at radius 3 is 2.22 bits per heavy atom. The fourth-order valence-corrected chi connectivity index (χ4v) is 5.53. The number of benzene rings is 3. The Hall–Kier alpha value is -2.84. The van der Waals surface area contributed by atoms with Crippen LogP contribution in [-0.4, -0.2) is 55.2 Å². The molecular weight excluding hydrogens is 497 g/mol. The zero-order valence-corrected chi connectivity index (χ0v) is 21.5. The molecule has 3 aromatic carbocycles. The Balaban J connectivity index is 0.00000304. The molecule has 0 spiro atoms. The minimum Gasteiger partial charge on any atom is -0.379 e. The topological polar surface area (TPSA) is 45.7 Å². The molecule has 8 heteroatoms. The van der Waals surface area contributed by atoms with Crippen molar-refractivity contribution in [3.63, 3.8) is 0 Å². The summed E-state index contributed by atoms with van der Waals surface area (Å²) < 4.78 is 20.7. The van der Waals surface area contributed by atoms with E-state index in [1.807, 2.05) is 66.7 Å². The van der Waals surface area contributed by atoms with Gasteiger partial charge < -0.3 is 4.74 Å². The molecule has 0 unspecified atom stereocenters. The number of fused-ring (bicyclic) bond motifs is 1. The average molecular weight is 526 g/mol. The van der Waals surface area contributed by atoms with Gasteiger partial charge in [-0.3, -0.25) is 14.6 Å². The maximum atomic E-state index is 14.5. The summed E-state index contributed by atoms with van der Waals surface area (Å²) in [6.45, 7) is 4.66. The maximum Gasteiger partial charge on any atom is 0.240 e. The van der Waals surface area contributed by atoms with Crippen molar-refractivity contribution in [2.24, 2.45) is 0 Å². The Kier molecular flexibility index (Phi) is 9.04. The van der Waals surface area contributed by atoms with Gasteiger partial charge in [0.05, 0.1) is 23.8 Å². The van der Waals surface area contributed by atoms with Crippen LogP contribution in [0.4, 0.5) is 9.52 Å². The fourth-order valence-electron chi connectivity index (χ4n) is 4.52. The van der Waals surface area contributed by atoms with Crippen molar-refractivity contribution in [1.82, 2.24) is 9.88 Å². The highest BCUT2D eigenvalue weighted by Gasteiger charge is 2.30. The van der Waals surface area contributed by atoms with E-state index < -0.39 is 5.92 Å². The number of para-hydroxylation sites is 1. The Labute approximate surface area is 220 Å². The molecule has 4 aromatic rings. The van der Waals surface area contributed by atoms with Crippen molar-refractivity contribution in [3.05, 3.63) is 95.8 Å². The number of amides is 1. The van der Waals surface area contributed by atoms with Crippen LogP contribution in [0, 0.1) is 5.82 Å². The number of rotatable bonds is 8. The summed E-state index contributed by atoms with van der Waals surface area (Å²) in [6, 6.07) is 24.6. The highest BCUT2D eigenvalue weighted by molar-refractivity contribution is 7.22. The van der Waals surface area contributed by atoms with E-state index in [1.165, 1.54) is 17.4 Å². The largest absolute Gasteiger partial charge is 0.379 e. The van der Waals surface area contributed by atoms with Gasteiger partial charge in [0.25, 0.3) is 0 Å². The van der Waals surface area contributed by atoms with E-state index in [9.17, 15) is 9.18 Å². The summed E-state index contributed by atoms with van der Waals surface area (Å²) in [5.74, 6) is -0.894. The number of morpholine rings is 1. The van der Waals surface area contributed by atoms with Gasteiger partial charge in [-0.15, -0.1) is 12.4 Å². The van der Waals surface area contributed by atoms with E-state index in [-0.39, 0.29) is 24.1 Å². The SMILES string of the molecule is Cl.O=C(C(c1ccccc1)c1ccccc1)N(CCCN1CCOCC1)c1nc2c(F)cccc2s1. The lowest BCUT2D eigenvalue weighted by molar-refractivity contribution is -0.119. The van der Waals surface area contributed by atoms with Gasteiger partial charge in [0, 0.05) is 26.2 Å². The second-order valence-electron chi connectivity index (χ2n) is 8.63. The Morgan fingerprint density at radius 1 is 0.972 bits per heavy atom. The van der Waals surface area contributed by atoms with Gasteiger partial charge in [-0.2, -0.15) is 0 Å². The van der Waals surface area contributed by atoms with Gasteiger partial charge in [0.1, 0.15) is 11.3 Å². The van der Waals surface area contributed by atoms with Crippen LogP contribution in [0.25, 0.3) is 10.2 Å². The van der Waals surface area contributed by atoms with Crippen molar-refractivity contribution < 1.29 is 13.9 Å². The van der Waals surface area contributed by atoms with Crippen molar-refractivity contribution in [1.29, 1.82) is 0 Å². The molecule has 188 valence electrons. The third-order valence-corrected chi connectivity index (χ3v) is 7.37. The van der Waals surface area contributed by atoms with Gasteiger partial charge in [0.15, 0.2) is 5.13 Å². The number of carbonyl (C=O) groups excluding carboxylic acids is 1. The molecule has 0 radical (unpaired) electrons. The summed E-state index contributed by atoms with van der Waals surface area (Å²) in [5.41, 5.74) is 2.16. The number of ether oxygens (including phenoxy) is 1. The Morgan fingerprint density at radius 2 is 1.61 bits per heavy atom. The van der Waals surface area contributed by atoms with Crippen LogP contribution in [0.15, 0.2) is 78.9 Å². The van der Waals surface area contributed by atoms with Crippen LogP contribution in [0.1, 0.15) is 23.5 Å². The summed E-state index contributed by atoms with van der Waals surface area (Å²) in [4.78, 5) is 23.0. The zero-order valence-electron chi connectivity index (χ0n) is 19.9. The minimum absolute atomic E-state index is 0. The zero-order chi connectivity index (χ0) is 24.0. The predicted molar refractivity (Wildman–Crippen MR) is 146 cm³/mol. The first-order chi connectivity index (χ1) is 17.2. The summed E-state index contributed by atoms with van der Waals surface area (Å²) in [5, 5.41) is 0.536. The van der Waals surface area contributed by atoms with Gasteiger partial charge in [-0.05, 0) is 29.7 Å². The highest BCUT2D eigenvalue weighted by Crippen LogP contribution is 2.34. The molecule has 0 N–H and O–H groups in total. The van der Waals surface area contributed by atoms with Crippen molar-refractivity contribution in [2.45, 2.75) is 12.3 Å². The molecular formula is C28H29ClFN3O2S. The first kappa shape index (κ1) is 26.2. The van der Waals surface area contributed by atoms with Gasteiger partial charge in [-0.25, -0.2) is 9.37 Å². The van der Waals surface area contributed by atoms with Crippen LogP contribution < -0.4 is 4.90 Å². The molecule has 1 aliphatic rings. The number of hydrogen-bond donors (Lipinski definition) is 0. The smallest absolute Gasteiger partial charge is 0.240 e. The van der Waals surface area contributed by atoms with Crippen LogP contribution in [0.3, 0.4) is 0 Å². The van der Waals surface area contributed by atoms with Gasteiger partial charge in [-0.1, -0.05) is 78.1 Å². The summed E-state index contributed by atoms with van der Waals surface area (Å²) in [7, 11) is 0. The van der Waals surface area contributed by atoms with Crippen molar-refractivity contribution in [2.75, 3.05) is 44.3 Å². The fraction of sp³-hybridized carbons (Fsp3) is 0.286. The number of nitrogens with zero attached hydrogens (tertiary/aromatic N) is 3. The molecule has 5 rings (SSSR count). The molecule has 36 heavy (non-hydrogen) atoms.